The average Bonchev–Trinajstić information content (AvgIpc) is 2.88. The number of benzene rings is 1. The van der Waals surface area contributed by atoms with Crippen molar-refractivity contribution in [2.24, 2.45) is 5.92 Å². The molecule has 2 atom stereocenters. The summed E-state index contributed by atoms with van der Waals surface area (Å²) in [5, 5.41) is 4.14. The molecular formula is C15H20ClNO. The van der Waals surface area contributed by atoms with Crippen LogP contribution in [0.1, 0.15) is 18.4 Å². The van der Waals surface area contributed by atoms with E-state index in [0.29, 0.717) is 5.92 Å². The predicted octanol–water partition coefficient (Wildman–Crippen LogP) is 3.58. The van der Waals surface area contributed by atoms with Crippen molar-refractivity contribution in [3.8, 4) is 5.75 Å². The van der Waals surface area contributed by atoms with Crippen molar-refractivity contribution in [3.63, 3.8) is 0 Å². The zero-order valence-electron chi connectivity index (χ0n) is 10.8. The van der Waals surface area contributed by atoms with Gasteiger partial charge in [-0.15, -0.1) is 6.58 Å². The summed E-state index contributed by atoms with van der Waals surface area (Å²) in [6.07, 6.45) is 4.16. The summed E-state index contributed by atoms with van der Waals surface area (Å²) in [6.45, 7) is 7.93. The van der Waals surface area contributed by atoms with Gasteiger partial charge in [-0.05, 0) is 32.0 Å². The summed E-state index contributed by atoms with van der Waals surface area (Å²) < 4.78 is 6.15. The SMILES string of the molecule is C=CC[C@H](Oc1cccc(Cl)c1C)[C@H]1CCNC1. The third-order valence-corrected chi connectivity index (χ3v) is 3.93. The van der Waals surface area contributed by atoms with E-state index < -0.39 is 0 Å². The van der Waals surface area contributed by atoms with Gasteiger partial charge in [0.15, 0.2) is 0 Å². The summed E-state index contributed by atoms with van der Waals surface area (Å²) in [7, 11) is 0. The lowest BCUT2D eigenvalue weighted by Crippen LogP contribution is -2.28. The second-order valence-electron chi connectivity index (χ2n) is 4.80. The van der Waals surface area contributed by atoms with E-state index in [1.54, 1.807) is 0 Å². The molecular weight excluding hydrogens is 246 g/mol. The van der Waals surface area contributed by atoms with Gasteiger partial charge in [0.2, 0.25) is 0 Å². The monoisotopic (exact) mass is 265 g/mol. The lowest BCUT2D eigenvalue weighted by molar-refractivity contribution is 0.144. The summed E-state index contributed by atoms with van der Waals surface area (Å²) in [5.41, 5.74) is 1.01. The largest absolute Gasteiger partial charge is 0.489 e. The highest BCUT2D eigenvalue weighted by Crippen LogP contribution is 2.29. The molecule has 0 spiro atoms. The number of hydrogen-bond acceptors (Lipinski definition) is 2. The van der Waals surface area contributed by atoms with Crippen LogP contribution in [-0.4, -0.2) is 19.2 Å². The van der Waals surface area contributed by atoms with Crippen LogP contribution < -0.4 is 10.1 Å². The molecule has 1 aliphatic rings. The Morgan fingerprint density at radius 3 is 3.11 bits per heavy atom. The third-order valence-electron chi connectivity index (χ3n) is 3.52. The van der Waals surface area contributed by atoms with Gasteiger partial charge in [0.05, 0.1) is 0 Å². The molecule has 1 N–H and O–H groups in total. The fourth-order valence-corrected chi connectivity index (χ4v) is 2.54. The van der Waals surface area contributed by atoms with E-state index in [-0.39, 0.29) is 6.10 Å². The minimum Gasteiger partial charge on any atom is -0.489 e. The maximum atomic E-state index is 6.15. The molecule has 0 aromatic heterocycles. The zero-order chi connectivity index (χ0) is 13.0. The molecule has 0 amide bonds. The van der Waals surface area contributed by atoms with E-state index in [4.69, 9.17) is 16.3 Å². The van der Waals surface area contributed by atoms with Crippen LogP contribution in [0.2, 0.25) is 5.02 Å². The lowest BCUT2D eigenvalue weighted by Gasteiger charge is -2.24. The van der Waals surface area contributed by atoms with Gasteiger partial charge in [0, 0.05) is 29.5 Å². The van der Waals surface area contributed by atoms with Crippen LogP contribution >= 0.6 is 11.6 Å². The van der Waals surface area contributed by atoms with E-state index in [0.717, 1.165) is 42.3 Å². The first-order chi connectivity index (χ1) is 8.72. The van der Waals surface area contributed by atoms with E-state index in [2.05, 4.69) is 11.9 Å². The highest BCUT2D eigenvalue weighted by atomic mass is 35.5. The smallest absolute Gasteiger partial charge is 0.124 e. The van der Waals surface area contributed by atoms with Crippen LogP contribution in [0, 0.1) is 12.8 Å². The second kappa shape index (κ2) is 6.26. The molecule has 1 heterocycles. The fourth-order valence-electron chi connectivity index (χ4n) is 2.37. The second-order valence-corrected chi connectivity index (χ2v) is 5.20. The van der Waals surface area contributed by atoms with Crippen molar-refractivity contribution in [2.75, 3.05) is 13.1 Å². The Morgan fingerprint density at radius 2 is 2.44 bits per heavy atom. The van der Waals surface area contributed by atoms with E-state index >= 15 is 0 Å². The first kappa shape index (κ1) is 13.4. The normalized spacial score (nSPS) is 20.7. The first-order valence-corrected chi connectivity index (χ1v) is 6.83. The Kier molecular flexibility index (Phi) is 4.67. The van der Waals surface area contributed by atoms with Crippen LogP contribution in [0.4, 0.5) is 0 Å². The van der Waals surface area contributed by atoms with Crippen molar-refractivity contribution in [1.82, 2.24) is 5.32 Å². The summed E-state index contributed by atoms with van der Waals surface area (Å²) in [4.78, 5) is 0. The number of hydrogen-bond donors (Lipinski definition) is 1. The minimum atomic E-state index is 0.190. The van der Waals surface area contributed by atoms with Crippen LogP contribution in [0.15, 0.2) is 30.9 Å². The molecule has 1 aromatic carbocycles. The van der Waals surface area contributed by atoms with E-state index in [1.807, 2.05) is 31.2 Å². The number of halogens is 1. The highest BCUT2D eigenvalue weighted by molar-refractivity contribution is 6.31. The van der Waals surface area contributed by atoms with E-state index in [1.165, 1.54) is 0 Å². The fraction of sp³-hybridized carbons (Fsp3) is 0.467. The van der Waals surface area contributed by atoms with Crippen LogP contribution in [0.5, 0.6) is 5.75 Å². The molecule has 18 heavy (non-hydrogen) atoms. The maximum Gasteiger partial charge on any atom is 0.124 e. The summed E-state index contributed by atoms with van der Waals surface area (Å²) >= 11 is 6.12. The molecule has 3 heteroatoms. The van der Waals surface area contributed by atoms with Gasteiger partial charge in [-0.2, -0.15) is 0 Å². The molecule has 1 aliphatic heterocycles. The average molecular weight is 266 g/mol. The van der Waals surface area contributed by atoms with Crippen molar-refractivity contribution in [1.29, 1.82) is 0 Å². The Balaban J connectivity index is 2.12. The van der Waals surface area contributed by atoms with Gasteiger partial charge < -0.3 is 10.1 Å². The summed E-state index contributed by atoms with van der Waals surface area (Å²) in [5.74, 6) is 1.45. The Labute approximate surface area is 114 Å². The van der Waals surface area contributed by atoms with Crippen molar-refractivity contribution in [2.45, 2.75) is 25.9 Å². The van der Waals surface area contributed by atoms with Crippen molar-refractivity contribution >= 4 is 11.6 Å². The molecule has 2 rings (SSSR count). The maximum absolute atomic E-state index is 6.15. The molecule has 0 saturated carbocycles. The van der Waals surface area contributed by atoms with Gasteiger partial charge in [0.25, 0.3) is 0 Å². The Morgan fingerprint density at radius 1 is 1.61 bits per heavy atom. The molecule has 1 fully saturated rings. The number of ether oxygens (including phenoxy) is 1. The first-order valence-electron chi connectivity index (χ1n) is 6.45. The number of nitrogens with one attached hydrogen (secondary N) is 1. The standard InChI is InChI=1S/C15H20ClNO/c1-3-5-15(12-8-9-17-10-12)18-14-7-4-6-13(16)11(14)2/h3-4,6-7,12,15,17H,1,5,8-10H2,2H3/t12-,15-/m0/s1. The van der Waals surface area contributed by atoms with Crippen molar-refractivity contribution in [3.05, 3.63) is 41.4 Å². The van der Waals surface area contributed by atoms with Gasteiger partial charge in [-0.1, -0.05) is 23.7 Å². The number of rotatable bonds is 5. The van der Waals surface area contributed by atoms with Gasteiger partial charge in [-0.25, -0.2) is 0 Å². The van der Waals surface area contributed by atoms with Crippen LogP contribution in [0.25, 0.3) is 0 Å². The predicted molar refractivity (Wildman–Crippen MR) is 76.4 cm³/mol. The molecule has 98 valence electrons. The third kappa shape index (κ3) is 3.06. The molecule has 2 nitrogen and oxygen atoms in total. The van der Waals surface area contributed by atoms with E-state index in [9.17, 15) is 0 Å². The Bertz CT molecular complexity index is 413. The van der Waals surface area contributed by atoms with Gasteiger partial charge >= 0.3 is 0 Å². The van der Waals surface area contributed by atoms with Crippen LogP contribution in [0.3, 0.4) is 0 Å². The summed E-state index contributed by atoms with van der Waals surface area (Å²) in [6, 6.07) is 5.81. The molecule has 0 radical (unpaired) electrons. The molecule has 1 aromatic rings. The topological polar surface area (TPSA) is 21.3 Å². The van der Waals surface area contributed by atoms with Crippen molar-refractivity contribution < 1.29 is 4.74 Å². The zero-order valence-corrected chi connectivity index (χ0v) is 11.5. The molecule has 1 saturated heterocycles. The minimum absolute atomic E-state index is 0.190. The van der Waals surface area contributed by atoms with Crippen LogP contribution in [-0.2, 0) is 0 Å². The Hall–Kier alpha value is -0.990. The highest BCUT2D eigenvalue weighted by Gasteiger charge is 2.26. The van der Waals surface area contributed by atoms with Gasteiger partial charge in [0.1, 0.15) is 11.9 Å². The van der Waals surface area contributed by atoms with Gasteiger partial charge in [-0.3, -0.25) is 0 Å². The quantitative estimate of drug-likeness (QED) is 0.822. The molecule has 0 unspecified atom stereocenters. The lowest BCUT2D eigenvalue weighted by atomic mass is 9.98. The molecule has 0 aliphatic carbocycles. The molecule has 0 bridgehead atoms.